The molecule has 0 amide bonds. The van der Waals surface area contributed by atoms with Gasteiger partial charge in [0.15, 0.2) is 11.9 Å². The van der Waals surface area contributed by atoms with Crippen molar-refractivity contribution in [3.05, 3.63) is 12.2 Å². The average Bonchev–Trinajstić information content (AvgIpc) is 1.96. The zero-order chi connectivity index (χ0) is 9.56. The second kappa shape index (κ2) is 5.52. The summed E-state index contributed by atoms with van der Waals surface area (Å²) in [5.74, 6) is -0.539. The van der Waals surface area contributed by atoms with Crippen molar-refractivity contribution in [1.29, 1.82) is 0 Å². The fraction of sp³-hybridized carbons (Fsp3) is 0.556. The summed E-state index contributed by atoms with van der Waals surface area (Å²) in [6.07, 6.45) is 3.47. The van der Waals surface area contributed by atoms with Gasteiger partial charge in [0.2, 0.25) is 0 Å². The maximum atomic E-state index is 10.9. The summed E-state index contributed by atoms with van der Waals surface area (Å²) in [7, 11) is 0. The number of hydrogen-bond acceptors (Lipinski definition) is 3. The lowest BCUT2D eigenvalue weighted by molar-refractivity contribution is -0.152. The SMILES string of the molecule is C/C=C/CC(OC(C)=O)C(C)=O. The predicted molar refractivity (Wildman–Crippen MR) is 45.7 cm³/mol. The lowest BCUT2D eigenvalue weighted by Gasteiger charge is -2.10. The predicted octanol–water partition coefficient (Wildman–Crippen LogP) is 1.47. The van der Waals surface area contributed by atoms with Gasteiger partial charge in [-0.3, -0.25) is 9.59 Å². The van der Waals surface area contributed by atoms with Crippen LogP contribution in [0.3, 0.4) is 0 Å². The van der Waals surface area contributed by atoms with Crippen molar-refractivity contribution in [2.75, 3.05) is 0 Å². The monoisotopic (exact) mass is 170 g/mol. The van der Waals surface area contributed by atoms with Crippen molar-refractivity contribution in [2.45, 2.75) is 33.3 Å². The van der Waals surface area contributed by atoms with Crippen LogP contribution in [0.2, 0.25) is 0 Å². The van der Waals surface area contributed by atoms with E-state index in [9.17, 15) is 9.59 Å². The quantitative estimate of drug-likeness (QED) is 0.474. The summed E-state index contributed by atoms with van der Waals surface area (Å²) in [6, 6.07) is 0. The number of ketones is 1. The zero-order valence-electron chi connectivity index (χ0n) is 7.66. The Balaban J connectivity index is 4.04. The second-order valence-corrected chi connectivity index (χ2v) is 2.51. The molecule has 1 unspecified atom stereocenters. The third-order valence-electron chi connectivity index (χ3n) is 1.35. The van der Waals surface area contributed by atoms with E-state index in [0.29, 0.717) is 6.42 Å². The molecule has 0 spiro atoms. The average molecular weight is 170 g/mol. The molecular weight excluding hydrogens is 156 g/mol. The minimum absolute atomic E-state index is 0.122. The highest BCUT2D eigenvalue weighted by Crippen LogP contribution is 2.01. The van der Waals surface area contributed by atoms with E-state index >= 15 is 0 Å². The molecule has 0 aliphatic heterocycles. The van der Waals surface area contributed by atoms with Gasteiger partial charge < -0.3 is 4.74 Å². The smallest absolute Gasteiger partial charge is 0.303 e. The van der Waals surface area contributed by atoms with Gasteiger partial charge in [-0.2, -0.15) is 0 Å². The van der Waals surface area contributed by atoms with E-state index in [-0.39, 0.29) is 5.78 Å². The summed E-state index contributed by atoms with van der Waals surface area (Å²) in [6.45, 7) is 4.56. The van der Waals surface area contributed by atoms with Gasteiger partial charge in [-0.1, -0.05) is 12.2 Å². The first-order valence-electron chi connectivity index (χ1n) is 3.86. The van der Waals surface area contributed by atoms with Crippen LogP contribution < -0.4 is 0 Å². The van der Waals surface area contributed by atoms with Gasteiger partial charge in [0.05, 0.1) is 0 Å². The van der Waals surface area contributed by atoms with Gasteiger partial charge in [-0.25, -0.2) is 0 Å². The Hall–Kier alpha value is -1.12. The molecule has 0 aromatic heterocycles. The topological polar surface area (TPSA) is 43.4 Å². The fourth-order valence-electron chi connectivity index (χ4n) is 0.757. The summed E-state index contributed by atoms with van der Waals surface area (Å²) in [4.78, 5) is 21.4. The Morgan fingerprint density at radius 3 is 2.33 bits per heavy atom. The number of carbonyl (C=O) groups is 2. The van der Waals surface area contributed by atoms with Gasteiger partial charge in [0.25, 0.3) is 0 Å². The number of Topliss-reactive ketones (excluding diaryl/α,β-unsaturated/α-hetero) is 1. The van der Waals surface area contributed by atoms with Crippen LogP contribution in [0.15, 0.2) is 12.2 Å². The van der Waals surface area contributed by atoms with E-state index < -0.39 is 12.1 Å². The zero-order valence-corrected chi connectivity index (χ0v) is 7.66. The molecule has 0 aromatic carbocycles. The molecule has 0 fully saturated rings. The molecule has 3 nitrogen and oxygen atoms in total. The van der Waals surface area contributed by atoms with Crippen molar-refractivity contribution in [2.24, 2.45) is 0 Å². The molecule has 0 aliphatic carbocycles. The molecule has 0 radical (unpaired) electrons. The number of allylic oxidation sites excluding steroid dienone is 1. The van der Waals surface area contributed by atoms with E-state index in [1.54, 1.807) is 6.08 Å². The number of esters is 1. The minimum Gasteiger partial charge on any atom is -0.454 e. The number of ether oxygens (including phenoxy) is 1. The van der Waals surface area contributed by atoms with Crippen LogP contribution in [0.5, 0.6) is 0 Å². The van der Waals surface area contributed by atoms with E-state index in [2.05, 4.69) is 0 Å². The van der Waals surface area contributed by atoms with Crippen molar-refractivity contribution >= 4 is 11.8 Å². The molecular formula is C9H14O3. The largest absolute Gasteiger partial charge is 0.454 e. The summed E-state index contributed by atoms with van der Waals surface area (Å²) in [5.41, 5.74) is 0. The highest BCUT2D eigenvalue weighted by Gasteiger charge is 2.14. The van der Waals surface area contributed by atoms with Crippen LogP contribution in [0.1, 0.15) is 27.2 Å². The van der Waals surface area contributed by atoms with Gasteiger partial charge >= 0.3 is 5.97 Å². The number of hydrogen-bond donors (Lipinski definition) is 0. The van der Waals surface area contributed by atoms with Crippen LogP contribution in [0.25, 0.3) is 0 Å². The van der Waals surface area contributed by atoms with E-state index in [4.69, 9.17) is 4.74 Å². The van der Waals surface area contributed by atoms with Crippen molar-refractivity contribution in [1.82, 2.24) is 0 Å². The van der Waals surface area contributed by atoms with Gasteiger partial charge in [-0.05, 0) is 13.8 Å². The third-order valence-corrected chi connectivity index (χ3v) is 1.35. The van der Waals surface area contributed by atoms with Crippen LogP contribution in [-0.2, 0) is 14.3 Å². The minimum atomic E-state index is -0.612. The standard InChI is InChI=1S/C9H14O3/c1-4-5-6-9(7(2)10)12-8(3)11/h4-5,9H,6H2,1-3H3/b5-4+. The van der Waals surface area contributed by atoms with Crippen LogP contribution >= 0.6 is 0 Å². The highest BCUT2D eigenvalue weighted by atomic mass is 16.5. The maximum absolute atomic E-state index is 10.9. The van der Waals surface area contributed by atoms with Gasteiger partial charge in [0, 0.05) is 13.3 Å². The Morgan fingerprint density at radius 2 is 2.00 bits per heavy atom. The lowest BCUT2D eigenvalue weighted by Crippen LogP contribution is -2.23. The van der Waals surface area contributed by atoms with Crippen LogP contribution in [-0.4, -0.2) is 17.9 Å². The second-order valence-electron chi connectivity index (χ2n) is 2.51. The molecule has 0 saturated heterocycles. The molecule has 3 heteroatoms. The summed E-state index contributed by atoms with van der Waals surface area (Å²) < 4.78 is 4.77. The molecule has 0 aliphatic rings. The summed E-state index contributed by atoms with van der Waals surface area (Å²) in [5, 5.41) is 0. The molecule has 0 aromatic rings. The molecule has 0 rings (SSSR count). The first kappa shape index (κ1) is 10.9. The maximum Gasteiger partial charge on any atom is 0.303 e. The van der Waals surface area contributed by atoms with Crippen molar-refractivity contribution in [3.63, 3.8) is 0 Å². The number of carbonyl (C=O) groups excluding carboxylic acids is 2. The van der Waals surface area contributed by atoms with Crippen molar-refractivity contribution < 1.29 is 14.3 Å². The Kier molecular flexibility index (Phi) is 5.00. The first-order chi connectivity index (χ1) is 5.57. The van der Waals surface area contributed by atoms with E-state index in [1.165, 1.54) is 13.8 Å². The van der Waals surface area contributed by atoms with Crippen LogP contribution in [0.4, 0.5) is 0 Å². The molecule has 68 valence electrons. The Bertz CT molecular complexity index is 194. The van der Waals surface area contributed by atoms with Gasteiger partial charge in [-0.15, -0.1) is 0 Å². The molecule has 12 heavy (non-hydrogen) atoms. The molecule has 0 N–H and O–H groups in total. The van der Waals surface area contributed by atoms with Gasteiger partial charge in [0.1, 0.15) is 0 Å². The number of rotatable bonds is 4. The lowest BCUT2D eigenvalue weighted by atomic mass is 10.2. The Morgan fingerprint density at radius 1 is 1.42 bits per heavy atom. The molecule has 1 atom stereocenters. The molecule has 0 saturated carbocycles. The fourth-order valence-corrected chi connectivity index (χ4v) is 0.757. The molecule has 0 heterocycles. The highest BCUT2D eigenvalue weighted by molar-refractivity contribution is 5.83. The summed E-state index contributed by atoms with van der Waals surface area (Å²) >= 11 is 0. The van der Waals surface area contributed by atoms with E-state index in [0.717, 1.165) is 0 Å². The molecule has 0 bridgehead atoms. The third kappa shape index (κ3) is 4.66. The van der Waals surface area contributed by atoms with Crippen molar-refractivity contribution in [3.8, 4) is 0 Å². The van der Waals surface area contributed by atoms with Crippen LogP contribution in [0, 0.1) is 0 Å². The van der Waals surface area contributed by atoms with E-state index in [1.807, 2.05) is 13.0 Å². The first-order valence-corrected chi connectivity index (χ1v) is 3.86. The normalized spacial score (nSPS) is 12.9. The Labute approximate surface area is 72.4 Å².